The van der Waals surface area contributed by atoms with Gasteiger partial charge in [0.05, 0.1) is 0 Å². The van der Waals surface area contributed by atoms with Gasteiger partial charge < -0.3 is 10.6 Å². The second kappa shape index (κ2) is 6.42. The van der Waals surface area contributed by atoms with E-state index in [1.54, 1.807) is 29.2 Å². The maximum absolute atomic E-state index is 12.0. The molecule has 1 heterocycles. The summed E-state index contributed by atoms with van der Waals surface area (Å²) >= 11 is 11.9. The van der Waals surface area contributed by atoms with Crippen molar-refractivity contribution >= 4 is 35.2 Å². The molecule has 1 aliphatic heterocycles. The van der Waals surface area contributed by atoms with E-state index in [9.17, 15) is 4.79 Å². The van der Waals surface area contributed by atoms with Crippen LogP contribution in [0, 0.1) is 0 Å². The van der Waals surface area contributed by atoms with E-state index < -0.39 is 0 Å². The van der Waals surface area contributed by atoms with Crippen LogP contribution in [0.25, 0.3) is 6.08 Å². The summed E-state index contributed by atoms with van der Waals surface area (Å²) in [5, 5.41) is 1.18. The lowest BCUT2D eigenvalue weighted by molar-refractivity contribution is -0.126. The topological polar surface area (TPSA) is 46.3 Å². The molecule has 0 atom stereocenters. The van der Waals surface area contributed by atoms with Gasteiger partial charge in [-0.2, -0.15) is 0 Å². The molecule has 0 aromatic heterocycles. The molecule has 0 bridgehead atoms. The van der Waals surface area contributed by atoms with E-state index in [-0.39, 0.29) is 11.9 Å². The Morgan fingerprint density at radius 3 is 2.68 bits per heavy atom. The van der Waals surface area contributed by atoms with Gasteiger partial charge in [-0.3, -0.25) is 4.79 Å². The monoisotopic (exact) mass is 298 g/mol. The molecule has 1 aromatic carbocycles. The Morgan fingerprint density at radius 1 is 1.32 bits per heavy atom. The van der Waals surface area contributed by atoms with Crippen molar-refractivity contribution in [2.24, 2.45) is 5.73 Å². The van der Waals surface area contributed by atoms with E-state index in [2.05, 4.69) is 0 Å². The molecule has 102 valence electrons. The molecule has 2 N–H and O–H groups in total. The molecule has 1 fully saturated rings. The summed E-state index contributed by atoms with van der Waals surface area (Å²) in [7, 11) is 0. The van der Waals surface area contributed by atoms with E-state index in [1.165, 1.54) is 6.08 Å². The first-order chi connectivity index (χ1) is 9.06. The molecular weight excluding hydrogens is 283 g/mol. The van der Waals surface area contributed by atoms with Gasteiger partial charge in [0.2, 0.25) is 5.91 Å². The lowest BCUT2D eigenvalue weighted by Crippen LogP contribution is -2.42. The van der Waals surface area contributed by atoms with Crippen LogP contribution in [0.2, 0.25) is 10.0 Å². The van der Waals surface area contributed by atoms with Gasteiger partial charge in [-0.25, -0.2) is 0 Å². The highest BCUT2D eigenvalue weighted by molar-refractivity contribution is 6.34. The highest BCUT2D eigenvalue weighted by Crippen LogP contribution is 2.22. The molecule has 0 saturated carbocycles. The van der Waals surface area contributed by atoms with Gasteiger partial charge in [0.15, 0.2) is 0 Å². The lowest BCUT2D eigenvalue weighted by Gasteiger charge is -2.29. The maximum Gasteiger partial charge on any atom is 0.246 e. The molecule has 19 heavy (non-hydrogen) atoms. The fraction of sp³-hybridized carbons (Fsp3) is 0.357. The van der Waals surface area contributed by atoms with Crippen molar-refractivity contribution in [3.63, 3.8) is 0 Å². The van der Waals surface area contributed by atoms with Gasteiger partial charge >= 0.3 is 0 Å². The van der Waals surface area contributed by atoms with Crippen LogP contribution in [-0.4, -0.2) is 29.9 Å². The molecule has 1 aromatic rings. The smallest absolute Gasteiger partial charge is 0.246 e. The number of rotatable bonds is 2. The fourth-order valence-corrected chi connectivity index (χ4v) is 2.39. The molecule has 0 radical (unpaired) electrons. The highest BCUT2D eigenvalue weighted by atomic mass is 35.5. The van der Waals surface area contributed by atoms with Gasteiger partial charge in [-0.1, -0.05) is 23.2 Å². The van der Waals surface area contributed by atoms with Gasteiger partial charge in [-0.05, 0) is 42.7 Å². The third-order valence-electron chi connectivity index (χ3n) is 3.21. The van der Waals surface area contributed by atoms with Crippen LogP contribution in [0.3, 0.4) is 0 Å². The first-order valence-electron chi connectivity index (χ1n) is 6.24. The standard InChI is InChI=1S/C14H16Cl2N2O/c15-11-2-3-13(16)10(9-11)1-4-14(19)18-7-5-12(17)6-8-18/h1-4,9,12H,5-8,17H2. The molecule has 0 spiro atoms. The Morgan fingerprint density at radius 2 is 2.00 bits per heavy atom. The third kappa shape index (κ3) is 3.96. The zero-order valence-electron chi connectivity index (χ0n) is 10.5. The average molecular weight is 299 g/mol. The number of hydrogen-bond acceptors (Lipinski definition) is 2. The number of nitrogens with zero attached hydrogens (tertiary/aromatic N) is 1. The Bertz CT molecular complexity index is 494. The van der Waals surface area contributed by atoms with Crippen LogP contribution >= 0.6 is 23.2 Å². The molecule has 5 heteroatoms. The largest absolute Gasteiger partial charge is 0.339 e. The summed E-state index contributed by atoms with van der Waals surface area (Å²) in [5.41, 5.74) is 6.56. The quantitative estimate of drug-likeness (QED) is 0.853. The second-order valence-electron chi connectivity index (χ2n) is 4.66. The number of hydrogen-bond donors (Lipinski definition) is 1. The lowest BCUT2D eigenvalue weighted by atomic mass is 10.1. The summed E-state index contributed by atoms with van der Waals surface area (Å²) in [5.74, 6) is -0.0112. The van der Waals surface area contributed by atoms with Crippen LogP contribution in [0.5, 0.6) is 0 Å². The van der Waals surface area contributed by atoms with Crippen LogP contribution in [-0.2, 0) is 4.79 Å². The number of piperidine rings is 1. The molecule has 0 aliphatic carbocycles. The van der Waals surface area contributed by atoms with Crippen LogP contribution < -0.4 is 5.73 Å². The van der Waals surface area contributed by atoms with Crippen molar-refractivity contribution < 1.29 is 4.79 Å². The highest BCUT2D eigenvalue weighted by Gasteiger charge is 2.18. The maximum atomic E-state index is 12.0. The number of carbonyl (C=O) groups is 1. The summed E-state index contributed by atoms with van der Waals surface area (Å²) in [6.45, 7) is 1.43. The molecule has 1 aliphatic rings. The van der Waals surface area contributed by atoms with Gasteiger partial charge in [-0.15, -0.1) is 0 Å². The third-order valence-corrected chi connectivity index (χ3v) is 3.79. The van der Waals surface area contributed by atoms with Crippen LogP contribution in [0.4, 0.5) is 0 Å². The van der Waals surface area contributed by atoms with E-state index in [4.69, 9.17) is 28.9 Å². The van der Waals surface area contributed by atoms with Gasteiger partial charge in [0, 0.05) is 35.3 Å². The molecule has 1 saturated heterocycles. The van der Waals surface area contributed by atoms with Crippen molar-refractivity contribution in [1.82, 2.24) is 4.90 Å². The number of carbonyl (C=O) groups excluding carboxylic acids is 1. The Kier molecular flexibility index (Phi) is 4.86. The van der Waals surface area contributed by atoms with E-state index >= 15 is 0 Å². The number of likely N-dealkylation sites (tertiary alicyclic amines) is 1. The summed E-state index contributed by atoms with van der Waals surface area (Å²) in [6, 6.07) is 5.39. The van der Waals surface area contributed by atoms with E-state index in [1.807, 2.05) is 0 Å². The first-order valence-corrected chi connectivity index (χ1v) is 6.99. The predicted octanol–water partition coefficient (Wildman–Crippen LogP) is 2.96. The zero-order chi connectivity index (χ0) is 13.8. The van der Waals surface area contributed by atoms with E-state index in [0.29, 0.717) is 23.1 Å². The number of amides is 1. The van der Waals surface area contributed by atoms with Gasteiger partial charge in [0.25, 0.3) is 0 Å². The van der Waals surface area contributed by atoms with Crippen molar-refractivity contribution in [2.75, 3.05) is 13.1 Å². The van der Waals surface area contributed by atoms with Crippen molar-refractivity contribution in [3.05, 3.63) is 39.9 Å². The SMILES string of the molecule is NC1CCN(C(=O)C=Cc2cc(Cl)ccc2Cl)CC1. The number of halogens is 2. The Hall–Kier alpha value is -1.03. The summed E-state index contributed by atoms with van der Waals surface area (Å²) in [4.78, 5) is 13.8. The minimum absolute atomic E-state index is 0.0112. The Balaban J connectivity index is 2.02. The van der Waals surface area contributed by atoms with Gasteiger partial charge in [0.1, 0.15) is 0 Å². The molecule has 3 nitrogen and oxygen atoms in total. The number of nitrogens with two attached hydrogens (primary N) is 1. The normalized spacial score (nSPS) is 17.1. The van der Waals surface area contributed by atoms with E-state index in [0.717, 1.165) is 18.4 Å². The molecule has 0 unspecified atom stereocenters. The minimum atomic E-state index is -0.0112. The van der Waals surface area contributed by atoms with Crippen molar-refractivity contribution in [3.8, 4) is 0 Å². The second-order valence-corrected chi connectivity index (χ2v) is 5.51. The molecule has 1 amide bonds. The van der Waals surface area contributed by atoms with Crippen LogP contribution in [0.1, 0.15) is 18.4 Å². The van der Waals surface area contributed by atoms with Crippen molar-refractivity contribution in [2.45, 2.75) is 18.9 Å². The Labute approximate surface area is 123 Å². The average Bonchev–Trinajstić information content (AvgIpc) is 2.40. The molecular formula is C14H16Cl2N2O. The summed E-state index contributed by atoms with van der Waals surface area (Å²) in [6.07, 6.45) is 4.95. The fourth-order valence-electron chi connectivity index (χ4n) is 2.03. The van der Waals surface area contributed by atoms with Crippen LogP contribution in [0.15, 0.2) is 24.3 Å². The van der Waals surface area contributed by atoms with Crippen molar-refractivity contribution in [1.29, 1.82) is 0 Å². The summed E-state index contributed by atoms with van der Waals surface area (Å²) < 4.78 is 0. The zero-order valence-corrected chi connectivity index (χ0v) is 12.0. The molecule has 2 rings (SSSR count). The first kappa shape index (κ1) is 14.4. The predicted molar refractivity (Wildman–Crippen MR) is 79.3 cm³/mol. The number of benzene rings is 1. The minimum Gasteiger partial charge on any atom is -0.339 e.